The molecule has 0 bridgehead atoms. The molecule has 23 heavy (non-hydrogen) atoms. The van der Waals surface area contributed by atoms with Crippen LogP contribution in [-0.2, 0) is 10.2 Å². The molecular formula is C17H24N4O2. The molecule has 2 rings (SSSR count). The van der Waals surface area contributed by atoms with Gasteiger partial charge in [0.2, 0.25) is 11.8 Å². The Morgan fingerprint density at radius 2 is 1.96 bits per heavy atom. The summed E-state index contributed by atoms with van der Waals surface area (Å²) in [6.45, 7) is 7.82. The molecule has 124 valence electrons. The van der Waals surface area contributed by atoms with Gasteiger partial charge in [-0.25, -0.2) is 0 Å². The molecule has 0 radical (unpaired) electrons. The highest BCUT2D eigenvalue weighted by molar-refractivity contribution is 5.77. The first-order valence-electron chi connectivity index (χ1n) is 7.71. The van der Waals surface area contributed by atoms with Crippen LogP contribution in [0.1, 0.15) is 63.5 Å². The second-order valence-electron chi connectivity index (χ2n) is 6.72. The number of carbonyl (C=O) groups is 1. The van der Waals surface area contributed by atoms with Crippen molar-refractivity contribution in [1.29, 1.82) is 0 Å². The first-order chi connectivity index (χ1) is 10.8. The van der Waals surface area contributed by atoms with Crippen LogP contribution in [-0.4, -0.2) is 16.0 Å². The Bertz CT molecular complexity index is 646. The monoisotopic (exact) mass is 316 g/mol. The van der Waals surface area contributed by atoms with Crippen molar-refractivity contribution in [2.24, 2.45) is 5.73 Å². The molecule has 2 unspecified atom stereocenters. The van der Waals surface area contributed by atoms with Crippen molar-refractivity contribution >= 4 is 5.91 Å². The Balaban J connectivity index is 1.93. The second-order valence-corrected chi connectivity index (χ2v) is 6.72. The molecular weight excluding hydrogens is 292 g/mol. The summed E-state index contributed by atoms with van der Waals surface area (Å²) in [7, 11) is 0. The summed E-state index contributed by atoms with van der Waals surface area (Å²) in [4.78, 5) is 16.5. The molecule has 1 aromatic heterocycles. The van der Waals surface area contributed by atoms with E-state index in [1.807, 2.05) is 58.0 Å². The summed E-state index contributed by atoms with van der Waals surface area (Å²) < 4.78 is 5.24. The Kier molecular flexibility index (Phi) is 5.15. The van der Waals surface area contributed by atoms with Crippen molar-refractivity contribution in [3.05, 3.63) is 47.6 Å². The number of nitrogens with two attached hydrogens (primary N) is 1. The molecule has 0 aliphatic rings. The Morgan fingerprint density at radius 1 is 1.30 bits per heavy atom. The average Bonchev–Trinajstić information content (AvgIpc) is 2.98. The van der Waals surface area contributed by atoms with Crippen LogP contribution in [0.3, 0.4) is 0 Å². The number of aromatic nitrogens is 2. The highest BCUT2D eigenvalue weighted by atomic mass is 16.5. The van der Waals surface area contributed by atoms with E-state index in [4.69, 9.17) is 10.3 Å². The molecule has 0 spiro atoms. The predicted octanol–water partition coefficient (Wildman–Crippen LogP) is 2.63. The number of rotatable bonds is 5. The van der Waals surface area contributed by atoms with Crippen molar-refractivity contribution in [1.82, 2.24) is 15.5 Å². The number of benzene rings is 1. The Hall–Kier alpha value is -2.21. The van der Waals surface area contributed by atoms with Gasteiger partial charge in [-0.2, -0.15) is 4.98 Å². The fraction of sp³-hybridized carbons (Fsp3) is 0.471. The lowest BCUT2D eigenvalue weighted by Gasteiger charge is -2.14. The number of carbonyl (C=O) groups excluding carboxylic acids is 1. The highest BCUT2D eigenvalue weighted by Crippen LogP contribution is 2.21. The third-order valence-corrected chi connectivity index (χ3v) is 3.49. The number of hydrogen-bond acceptors (Lipinski definition) is 5. The van der Waals surface area contributed by atoms with E-state index in [-0.39, 0.29) is 29.8 Å². The number of nitrogens with one attached hydrogen (secondary N) is 1. The van der Waals surface area contributed by atoms with Crippen molar-refractivity contribution < 1.29 is 9.32 Å². The van der Waals surface area contributed by atoms with Crippen LogP contribution in [0.25, 0.3) is 0 Å². The van der Waals surface area contributed by atoms with Gasteiger partial charge in [-0.15, -0.1) is 0 Å². The van der Waals surface area contributed by atoms with Crippen molar-refractivity contribution in [2.45, 2.75) is 51.6 Å². The third-order valence-electron chi connectivity index (χ3n) is 3.49. The minimum Gasteiger partial charge on any atom is -0.345 e. The smallest absolute Gasteiger partial charge is 0.248 e. The summed E-state index contributed by atoms with van der Waals surface area (Å²) in [6, 6.07) is 8.86. The van der Waals surface area contributed by atoms with Crippen molar-refractivity contribution in [2.75, 3.05) is 0 Å². The molecule has 0 aliphatic carbocycles. The third kappa shape index (κ3) is 4.63. The maximum Gasteiger partial charge on any atom is 0.248 e. The van der Waals surface area contributed by atoms with E-state index in [1.165, 1.54) is 0 Å². The summed E-state index contributed by atoms with van der Waals surface area (Å²) in [5.74, 6) is 0.871. The van der Waals surface area contributed by atoms with E-state index < -0.39 is 0 Å². The molecule has 3 N–H and O–H groups in total. The van der Waals surface area contributed by atoms with Crippen LogP contribution in [0.15, 0.2) is 34.9 Å². The van der Waals surface area contributed by atoms with Crippen LogP contribution in [0, 0.1) is 0 Å². The maximum atomic E-state index is 12.1. The summed E-state index contributed by atoms with van der Waals surface area (Å²) in [5.41, 5.74) is 6.80. The summed E-state index contributed by atoms with van der Waals surface area (Å²) in [6.07, 6.45) is 0.203. The molecule has 6 nitrogen and oxygen atoms in total. The van der Waals surface area contributed by atoms with E-state index in [0.717, 1.165) is 5.56 Å². The molecule has 1 heterocycles. The van der Waals surface area contributed by atoms with Gasteiger partial charge in [-0.3, -0.25) is 4.79 Å². The maximum absolute atomic E-state index is 12.1. The van der Waals surface area contributed by atoms with Gasteiger partial charge in [0.05, 0.1) is 0 Å². The normalized spacial score (nSPS) is 14.3. The van der Waals surface area contributed by atoms with Gasteiger partial charge in [-0.1, -0.05) is 56.3 Å². The lowest BCUT2D eigenvalue weighted by atomic mass is 9.96. The van der Waals surface area contributed by atoms with Crippen molar-refractivity contribution in [3.63, 3.8) is 0 Å². The minimum atomic E-state index is -0.353. The van der Waals surface area contributed by atoms with E-state index in [2.05, 4.69) is 15.5 Å². The molecule has 1 amide bonds. The summed E-state index contributed by atoms with van der Waals surface area (Å²) >= 11 is 0. The zero-order chi connectivity index (χ0) is 17.0. The van der Waals surface area contributed by atoms with Crippen LogP contribution in [0.5, 0.6) is 0 Å². The lowest BCUT2D eigenvalue weighted by molar-refractivity contribution is -0.122. The van der Waals surface area contributed by atoms with Gasteiger partial charge < -0.3 is 15.6 Å². The number of nitrogens with zero attached hydrogens (tertiary/aromatic N) is 2. The largest absolute Gasteiger partial charge is 0.345 e. The quantitative estimate of drug-likeness (QED) is 0.884. The molecule has 0 fully saturated rings. The van der Waals surface area contributed by atoms with Crippen molar-refractivity contribution in [3.8, 4) is 0 Å². The topological polar surface area (TPSA) is 94.0 Å². The van der Waals surface area contributed by atoms with E-state index in [1.54, 1.807) is 0 Å². The zero-order valence-corrected chi connectivity index (χ0v) is 14.0. The lowest BCUT2D eigenvalue weighted by Crippen LogP contribution is -2.30. The SMILES string of the molecule is CC(NC(=O)CC(N)c1ccccc1)c1nc(C(C)(C)C)no1. The first kappa shape index (κ1) is 17.1. The molecule has 0 saturated carbocycles. The first-order valence-corrected chi connectivity index (χ1v) is 7.71. The highest BCUT2D eigenvalue weighted by Gasteiger charge is 2.24. The zero-order valence-electron chi connectivity index (χ0n) is 14.0. The van der Waals surface area contributed by atoms with Gasteiger partial charge >= 0.3 is 0 Å². The number of amides is 1. The molecule has 0 saturated heterocycles. The van der Waals surface area contributed by atoms with E-state index in [0.29, 0.717) is 11.7 Å². The van der Waals surface area contributed by atoms with E-state index >= 15 is 0 Å². The predicted molar refractivity (Wildman–Crippen MR) is 87.5 cm³/mol. The van der Waals surface area contributed by atoms with E-state index in [9.17, 15) is 4.79 Å². The number of hydrogen-bond donors (Lipinski definition) is 2. The molecule has 1 aromatic carbocycles. The fourth-order valence-corrected chi connectivity index (χ4v) is 2.10. The minimum absolute atomic E-state index is 0.149. The van der Waals surface area contributed by atoms with Gasteiger partial charge in [0, 0.05) is 17.9 Å². The van der Waals surface area contributed by atoms with Gasteiger partial charge in [0.15, 0.2) is 5.82 Å². The van der Waals surface area contributed by atoms with Crippen LogP contribution < -0.4 is 11.1 Å². The standard InChI is InChI=1S/C17H24N4O2/c1-11(15-20-16(21-23-15)17(2,3)4)19-14(22)10-13(18)12-8-6-5-7-9-12/h5-9,11,13H,10,18H2,1-4H3,(H,19,22). The van der Waals surface area contributed by atoms with Gasteiger partial charge in [0.1, 0.15) is 6.04 Å². The fourth-order valence-electron chi connectivity index (χ4n) is 2.10. The molecule has 0 aliphatic heterocycles. The molecule has 2 atom stereocenters. The van der Waals surface area contributed by atoms with Gasteiger partial charge in [0.25, 0.3) is 0 Å². The average molecular weight is 316 g/mol. The van der Waals surface area contributed by atoms with Crippen LogP contribution in [0.4, 0.5) is 0 Å². The van der Waals surface area contributed by atoms with Gasteiger partial charge in [-0.05, 0) is 12.5 Å². The summed E-state index contributed by atoms with van der Waals surface area (Å²) in [5, 5.41) is 6.81. The van der Waals surface area contributed by atoms with Crippen LogP contribution >= 0.6 is 0 Å². The molecule has 6 heteroatoms. The van der Waals surface area contributed by atoms with Crippen LogP contribution in [0.2, 0.25) is 0 Å². The molecule has 2 aromatic rings. The Morgan fingerprint density at radius 3 is 2.52 bits per heavy atom. The second kappa shape index (κ2) is 6.91. The Labute approximate surface area is 136 Å².